The van der Waals surface area contributed by atoms with Gasteiger partial charge in [-0.3, -0.25) is 14.9 Å². The van der Waals surface area contributed by atoms with E-state index < -0.39 is 10.9 Å². The van der Waals surface area contributed by atoms with Crippen molar-refractivity contribution in [1.29, 1.82) is 0 Å². The summed E-state index contributed by atoms with van der Waals surface area (Å²) in [5.41, 5.74) is 1.88. The number of hydrogen-bond donors (Lipinski definition) is 1. The predicted octanol–water partition coefficient (Wildman–Crippen LogP) is 3.51. The Labute approximate surface area is 125 Å². The Morgan fingerprint density at radius 3 is 2.43 bits per heavy atom. The zero-order valence-electron chi connectivity index (χ0n) is 11.1. The molecule has 0 amide bonds. The minimum absolute atomic E-state index is 0.0122. The molecule has 108 valence electrons. The van der Waals surface area contributed by atoms with E-state index in [0.29, 0.717) is 5.75 Å². The van der Waals surface area contributed by atoms with Gasteiger partial charge in [-0.1, -0.05) is 30.3 Å². The topological polar surface area (TPSA) is 80.4 Å². The number of carbonyl (C=O) groups is 1. The zero-order valence-corrected chi connectivity index (χ0v) is 11.9. The van der Waals surface area contributed by atoms with Gasteiger partial charge < -0.3 is 5.11 Å². The number of carboxylic acid groups (broad SMARTS) is 1. The van der Waals surface area contributed by atoms with Crippen molar-refractivity contribution < 1.29 is 14.8 Å². The van der Waals surface area contributed by atoms with Gasteiger partial charge in [0.2, 0.25) is 0 Å². The molecule has 0 radical (unpaired) electrons. The van der Waals surface area contributed by atoms with Crippen LogP contribution in [0.5, 0.6) is 0 Å². The second kappa shape index (κ2) is 6.90. The predicted molar refractivity (Wildman–Crippen MR) is 80.4 cm³/mol. The van der Waals surface area contributed by atoms with Crippen molar-refractivity contribution in [2.45, 2.75) is 17.1 Å². The first kappa shape index (κ1) is 15.1. The van der Waals surface area contributed by atoms with Gasteiger partial charge in [0.1, 0.15) is 0 Å². The van der Waals surface area contributed by atoms with Crippen molar-refractivity contribution >= 4 is 23.4 Å². The molecular weight excluding hydrogens is 290 g/mol. The lowest BCUT2D eigenvalue weighted by molar-refractivity contribution is -0.385. The van der Waals surface area contributed by atoms with Crippen LogP contribution in [-0.4, -0.2) is 16.0 Å². The molecule has 0 aliphatic carbocycles. The van der Waals surface area contributed by atoms with Crippen molar-refractivity contribution in [3.63, 3.8) is 0 Å². The summed E-state index contributed by atoms with van der Waals surface area (Å²) in [6, 6.07) is 13.8. The Kier molecular flexibility index (Phi) is 4.94. The lowest BCUT2D eigenvalue weighted by Crippen LogP contribution is -1.99. The summed E-state index contributed by atoms with van der Waals surface area (Å²) in [7, 11) is 0. The van der Waals surface area contributed by atoms with Crippen molar-refractivity contribution in [2.75, 3.05) is 0 Å². The Bertz CT molecular complexity index is 655. The first-order valence-corrected chi connectivity index (χ1v) is 7.20. The molecule has 2 aromatic carbocycles. The normalized spacial score (nSPS) is 10.3. The molecule has 0 saturated carbocycles. The molecule has 0 unspecified atom stereocenters. The van der Waals surface area contributed by atoms with E-state index in [9.17, 15) is 14.9 Å². The summed E-state index contributed by atoms with van der Waals surface area (Å²) in [5.74, 6) is -0.178. The maximum Gasteiger partial charge on any atom is 0.307 e. The van der Waals surface area contributed by atoms with Gasteiger partial charge >= 0.3 is 5.97 Å². The van der Waals surface area contributed by atoms with E-state index in [1.54, 1.807) is 24.3 Å². The van der Waals surface area contributed by atoms with E-state index in [-0.39, 0.29) is 12.1 Å². The molecule has 0 atom stereocenters. The quantitative estimate of drug-likeness (QED) is 0.502. The number of nitrogens with zero attached hydrogens (tertiary/aromatic N) is 1. The van der Waals surface area contributed by atoms with Crippen LogP contribution < -0.4 is 0 Å². The highest BCUT2D eigenvalue weighted by atomic mass is 32.2. The van der Waals surface area contributed by atoms with Crippen molar-refractivity contribution in [2.24, 2.45) is 0 Å². The summed E-state index contributed by atoms with van der Waals surface area (Å²) in [5, 5.41) is 19.4. The number of carboxylic acids is 1. The fourth-order valence-corrected chi connectivity index (χ4v) is 2.69. The van der Waals surface area contributed by atoms with Crippen LogP contribution >= 0.6 is 11.8 Å². The molecule has 21 heavy (non-hydrogen) atoms. The van der Waals surface area contributed by atoms with E-state index in [1.165, 1.54) is 17.8 Å². The Morgan fingerprint density at radius 1 is 1.14 bits per heavy atom. The number of rotatable bonds is 6. The van der Waals surface area contributed by atoms with Gasteiger partial charge in [0.05, 0.1) is 11.3 Å². The average Bonchev–Trinajstić information content (AvgIpc) is 2.46. The van der Waals surface area contributed by atoms with Crippen LogP contribution in [0.15, 0.2) is 53.4 Å². The molecule has 0 heterocycles. The van der Waals surface area contributed by atoms with Gasteiger partial charge in [-0.2, -0.15) is 0 Å². The summed E-state index contributed by atoms with van der Waals surface area (Å²) in [6.45, 7) is 0. The van der Waals surface area contributed by atoms with Gasteiger partial charge in [0, 0.05) is 22.8 Å². The number of hydrogen-bond acceptors (Lipinski definition) is 4. The first-order chi connectivity index (χ1) is 10.0. The molecular formula is C15H13NO4S. The second-order valence-electron chi connectivity index (χ2n) is 4.43. The first-order valence-electron chi connectivity index (χ1n) is 6.21. The van der Waals surface area contributed by atoms with Crippen molar-refractivity contribution in [1.82, 2.24) is 0 Å². The fraction of sp³-hybridized carbons (Fsp3) is 0.133. The van der Waals surface area contributed by atoms with Crippen LogP contribution in [0.4, 0.5) is 5.69 Å². The lowest BCUT2D eigenvalue weighted by Gasteiger charge is -2.03. The van der Waals surface area contributed by atoms with Gasteiger partial charge in [0.15, 0.2) is 0 Å². The lowest BCUT2D eigenvalue weighted by atomic mass is 10.1. The Balaban J connectivity index is 1.98. The third-order valence-corrected chi connectivity index (χ3v) is 3.88. The van der Waals surface area contributed by atoms with Crippen LogP contribution in [-0.2, 0) is 17.0 Å². The highest BCUT2D eigenvalue weighted by Gasteiger charge is 2.06. The van der Waals surface area contributed by atoms with E-state index >= 15 is 0 Å². The zero-order chi connectivity index (χ0) is 15.2. The highest BCUT2D eigenvalue weighted by molar-refractivity contribution is 7.98. The van der Waals surface area contributed by atoms with E-state index in [0.717, 1.165) is 16.0 Å². The van der Waals surface area contributed by atoms with Gasteiger partial charge in [0.25, 0.3) is 5.69 Å². The molecule has 0 bridgehead atoms. The molecule has 0 aromatic heterocycles. The summed E-state index contributed by atoms with van der Waals surface area (Å²) in [6.07, 6.45) is 0.0122. The number of nitro benzene ring substituents is 1. The van der Waals surface area contributed by atoms with Gasteiger partial charge in [-0.25, -0.2) is 0 Å². The summed E-state index contributed by atoms with van der Waals surface area (Å²) < 4.78 is 0. The second-order valence-corrected chi connectivity index (χ2v) is 5.48. The number of thioether (sulfide) groups is 1. The smallest absolute Gasteiger partial charge is 0.307 e. The minimum atomic E-state index is -0.853. The van der Waals surface area contributed by atoms with Crippen molar-refractivity contribution in [3.05, 3.63) is 69.8 Å². The van der Waals surface area contributed by atoms with Gasteiger partial charge in [-0.15, -0.1) is 11.8 Å². The number of benzene rings is 2. The maximum atomic E-state index is 10.7. The molecule has 2 aromatic rings. The molecule has 0 spiro atoms. The number of aliphatic carboxylic acids is 1. The molecule has 0 aliphatic heterocycles. The SMILES string of the molecule is O=C(O)Cc1ccc(CSc2cccc([N+](=O)[O-])c2)cc1. The van der Waals surface area contributed by atoms with Crippen LogP contribution in [0, 0.1) is 10.1 Å². The highest BCUT2D eigenvalue weighted by Crippen LogP contribution is 2.26. The monoisotopic (exact) mass is 303 g/mol. The minimum Gasteiger partial charge on any atom is -0.481 e. The fourth-order valence-electron chi connectivity index (χ4n) is 1.78. The Hall–Kier alpha value is -2.34. The maximum absolute atomic E-state index is 10.7. The summed E-state index contributed by atoms with van der Waals surface area (Å²) in [4.78, 5) is 21.7. The molecule has 0 fully saturated rings. The molecule has 5 nitrogen and oxygen atoms in total. The molecule has 2 rings (SSSR count). The Morgan fingerprint density at radius 2 is 1.81 bits per heavy atom. The molecule has 0 aliphatic rings. The van der Waals surface area contributed by atoms with E-state index in [2.05, 4.69) is 0 Å². The van der Waals surface area contributed by atoms with Crippen LogP contribution in [0.3, 0.4) is 0 Å². The standard InChI is InChI=1S/C15H13NO4S/c17-15(18)8-11-4-6-12(7-5-11)10-21-14-3-1-2-13(9-14)16(19)20/h1-7,9H,8,10H2,(H,17,18). The van der Waals surface area contributed by atoms with E-state index in [1.807, 2.05) is 18.2 Å². The molecule has 0 saturated heterocycles. The van der Waals surface area contributed by atoms with Crippen LogP contribution in [0.2, 0.25) is 0 Å². The van der Waals surface area contributed by atoms with Crippen LogP contribution in [0.1, 0.15) is 11.1 Å². The van der Waals surface area contributed by atoms with Gasteiger partial charge in [-0.05, 0) is 17.2 Å². The largest absolute Gasteiger partial charge is 0.481 e. The third-order valence-electron chi connectivity index (χ3n) is 2.81. The van der Waals surface area contributed by atoms with Crippen molar-refractivity contribution in [3.8, 4) is 0 Å². The average molecular weight is 303 g/mol. The molecule has 1 N–H and O–H groups in total. The summed E-state index contributed by atoms with van der Waals surface area (Å²) >= 11 is 1.50. The number of non-ortho nitro benzene ring substituents is 1. The third kappa shape index (κ3) is 4.61. The van der Waals surface area contributed by atoms with E-state index in [4.69, 9.17) is 5.11 Å². The molecule has 6 heteroatoms. The van der Waals surface area contributed by atoms with Crippen LogP contribution in [0.25, 0.3) is 0 Å². The number of nitro groups is 1.